The molecule has 0 spiro atoms. The summed E-state index contributed by atoms with van der Waals surface area (Å²) < 4.78 is 2.70. The van der Waals surface area contributed by atoms with Crippen LogP contribution in [0.15, 0.2) is 16.9 Å². The van der Waals surface area contributed by atoms with Gasteiger partial charge in [-0.15, -0.1) is 0 Å². The van der Waals surface area contributed by atoms with Crippen molar-refractivity contribution in [2.45, 2.75) is 38.2 Å². The first-order chi connectivity index (χ1) is 10.8. The smallest absolute Gasteiger partial charge is 0.253 e. The fourth-order valence-corrected chi connectivity index (χ4v) is 3.71. The lowest BCUT2D eigenvalue weighted by molar-refractivity contribution is -0.148. The first kappa shape index (κ1) is 16.2. The van der Waals surface area contributed by atoms with E-state index >= 15 is 0 Å². The third-order valence-electron chi connectivity index (χ3n) is 4.29. The highest BCUT2D eigenvalue weighted by Gasteiger charge is 2.33. The van der Waals surface area contributed by atoms with Gasteiger partial charge in [-0.05, 0) is 48.7 Å². The van der Waals surface area contributed by atoms with Gasteiger partial charge >= 0.3 is 0 Å². The number of halogens is 1. The number of piperidine rings is 1. The Hall–Kier alpha value is -1.67. The molecule has 1 amide bonds. The van der Waals surface area contributed by atoms with Crippen LogP contribution in [0.5, 0.6) is 0 Å². The van der Waals surface area contributed by atoms with Crippen molar-refractivity contribution in [2.75, 3.05) is 18.8 Å². The predicted molar refractivity (Wildman–Crippen MR) is 90.0 cm³/mol. The molecule has 0 unspecified atom stereocenters. The Morgan fingerprint density at radius 1 is 1.43 bits per heavy atom. The Bertz CT molecular complexity index is 744. The molecular weight excluding hydrogens is 362 g/mol. The lowest BCUT2D eigenvalue weighted by Gasteiger charge is -2.35. The second-order valence-corrected chi connectivity index (χ2v) is 7.30. The molecule has 2 aromatic rings. The van der Waals surface area contributed by atoms with Crippen LogP contribution in [0.25, 0.3) is 5.52 Å². The van der Waals surface area contributed by atoms with E-state index in [0.29, 0.717) is 18.9 Å². The molecule has 0 aromatic carbocycles. The van der Waals surface area contributed by atoms with E-state index < -0.39 is 5.60 Å². The Balaban J connectivity index is 1.81. The van der Waals surface area contributed by atoms with E-state index in [1.54, 1.807) is 4.90 Å². The van der Waals surface area contributed by atoms with Crippen LogP contribution in [0.2, 0.25) is 0 Å². The number of rotatable bonds is 2. The molecule has 3 heterocycles. The van der Waals surface area contributed by atoms with Crippen LogP contribution < -0.4 is 5.73 Å². The number of hydrogen-bond donors (Lipinski definition) is 2. The van der Waals surface area contributed by atoms with Crippen molar-refractivity contribution in [1.29, 1.82) is 0 Å². The van der Waals surface area contributed by atoms with Crippen LogP contribution in [0.1, 0.15) is 38.3 Å². The van der Waals surface area contributed by atoms with Crippen molar-refractivity contribution in [3.63, 3.8) is 0 Å². The highest BCUT2D eigenvalue weighted by atomic mass is 79.9. The number of nitrogens with two attached hydrogens (primary N) is 1. The summed E-state index contributed by atoms with van der Waals surface area (Å²) in [4.78, 5) is 17.9. The molecule has 1 aliphatic heterocycles. The molecule has 0 aliphatic carbocycles. The zero-order chi connectivity index (χ0) is 16.8. The maximum absolute atomic E-state index is 12.2. The molecule has 1 fully saturated rings. The number of amides is 1. The number of nitrogens with zero attached hydrogens (tertiary/aromatic N) is 4. The molecule has 124 valence electrons. The standard InChI is InChI=1S/C15H20BrN5O2/c1-15(2,23)14(22)20-5-3-9(4-6-20)11-7-10(16)12-13(17)18-8-19-21(11)12/h7-9,23H,3-6H2,1-2H3,(H2,17,18,19). The first-order valence-corrected chi connectivity index (χ1v) is 8.37. The van der Waals surface area contributed by atoms with Gasteiger partial charge in [-0.3, -0.25) is 4.79 Å². The van der Waals surface area contributed by atoms with Gasteiger partial charge in [0, 0.05) is 29.2 Å². The van der Waals surface area contributed by atoms with Crippen LogP contribution in [-0.2, 0) is 4.79 Å². The van der Waals surface area contributed by atoms with Gasteiger partial charge in [-0.2, -0.15) is 5.10 Å². The van der Waals surface area contributed by atoms with Gasteiger partial charge in [0.1, 0.15) is 17.4 Å². The molecule has 3 rings (SSSR count). The molecule has 3 N–H and O–H groups in total. The Morgan fingerprint density at radius 2 is 2.09 bits per heavy atom. The Kier molecular flexibility index (Phi) is 4.05. The number of fused-ring (bicyclic) bond motifs is 1. The number of hydrogen-bond acceptors (Lipinski definition) is 5. The average molecular weight is 382 g/mol. The summed E-state index contributed by atoms with van der Waals surface area (Å²) in [5.41, 5.74) is 6.45. The minimum absolute atomic E-state index is 0.219. The molecule has 0 bridgehead atoms. The summed E-state index contributed by atoms with van der Waals surface area (Å²) in [5.74, 6) is 0.505. The summed E-state index contributed by atoms with van der Waals surface area (Å²) in [6, 6.07) is 2.03. The maximum atomic E-state index is 12.2. The SMILES string of the molecule is CC(C)(O)C(=O)N1CCC(c2cc(Br)c3c(N)ncnn23)CC1. The number of nitrogen functional groups attached to an aromatic ring is 1. The second kappa shape index (κ2) is 5.76. The fraction of sp³-hybridized carbons (Fsp3) is 0.533. The van der Waals surface area contributed by atoms with Gasteiger partial charge < -0.3 is 15.7 Å². The fourth-order valence-electron chi connectivity index (χ4n) is 3.10. The zero-order valence-electron chi connectivity index (χ0n) is 13.2. The third kappa shape index (κ3) is 2.92. The minimum atomic E-state index is -1.32. The third-order valence-corrected chi connectivity index (χ3v) is 4.89. The lowest BCUT2D eigenvalue weighted by atomic mass is 9.92. The number of aromatic nitrogens is 3. The molecule has 1 aliphatic rings. The van der Waals surface area contributed by atoms with Gasteiger partial charge in [-0.25, -0.2) is 9.50 Å². The lowest BCUT2D eigenvalue weighted by Crippen LogP contribution is -2.48. The number of carbonyl (C=O) groups excluding carboxylic acids is 1. The minimum Gasteiger partial charge on any atom is -0.382 e. The van der Waals surface area contributed by atoms with Crippen molar-refractivity contribution < 1.29 is 9.90 Å². The Labute approximate surface area is 142 Å². The monoisotopic (exact) mass is 381 g/mol. The van der Waals surface area contributed by atoms with Crippen LogP contribution in [-0.4, -0.2) is 49.2 Å². The van der Waals surface area contributed by atoms with Crippen LogP contribution in [0.4, 0.5) is 5.82 Å². The normalized spacial score (nSPS) is 17.0. The average Bonchev–Trinajstić information content (AvgIpc) is 2.84. The van der Waals surface area contributed by atoms with E-state index in [0.717, 1.165) is 28.5 Å². The van der Waals surface area contributed by atoms with Gasteiger partial charge in [0.25, 0.3) is 5.91 Å². The molecule has 0 atom stereocenters. The molecule has 0 radical (unpaired) electrons. The summed E-state index contributed by atoms with van der Waals surface area (Å²) in [7, 11) is 0. The van der Waals surface area contributed by atoms with E-state index in [9.17, 15) is 9.90 Å². The van der Waals surface area contributed by atoms with Gasteiger partial charge in [0.2, 0.25) is 0 Å². The van der Waals surface area contributed by atoms with E-state index in [1.165, 1.54) is 20.2 Å². The van der Waals surface area contributed by atoms with Crippen molar-refractivity contribution in [3.05, 3.63) is 22.6 Å². The second-order valence-electron chi connectivity index (χ2n) is 6.45. The van der Waals surface area contributed by atoms with Crippen molar-refractivity contribution in [1.82, 2.24) is 19.5 Å². The van der Waals surface area contributed by atoms with Gasteiger partial charge in [-0.1, -0.05) is 0 Å². The van der Waals surface area contributed by atoms with Crippen LogP contribution >= 0.6 is 15.9 Å². The van der Waals surface area contributed by atoms with Crippen LogP contribution in [0, 0.1) is 0 Å². The quantitative estimate of drug-likeness (QED) is 0.822. The largest absolute Gasteiger partial charge is 0.382 e. The van der Waals surface area contributed by atoms with Gasteiger partial charge in [0.05, 0.1) is 0 Å². The number of aliphatic hydroxyl groups is 1. The van der Waals surface area contributed by atoms with Crippen molar-refractivity contribution in [2.24, 2.45) is 0 Å². The summed E-state index contributed by atoms with van der Waals surface area (Å²) in [6.45, 7) is 4.30. The van der Waals surface area contributed by atoms with Gasteiger partial charge in [0.15, 0.2) is 5.82 Å². The molecule has 8 heteroatoms. The number of carbonyl (C=O) groups is 1. The maximum Gasteiger partial charge on any atom is 0.253 e. The molecule has 1 saturated heterocycles. The van der Waals surface area contributed by atoms with E-state index in [2.05, 4.69) is 26.0 Å². The molecular formula is C15H20BrN5O2. The van der Waals surface area contributed by atoms with Crippen LogP contribution in [0.3, 0.4) is 0 Å². The molecule has 2 aromatic heterocycles. The molecule has 0 saturated carbocycles. The first-order valence-electron chi connectivity index (χ1n) is 7.58. The highest BCUT2D eigenvalue weighted by Crippen LogP contribution is 2.34. The number of anilines is 1. The van der Waals surface area contributed by atoms with Crippen molar-refractivity contribution >= 4 is 33.2 Å². The number of likely N-dealkylation sites (tertiary alicyclic amines) is 1. The van der Waals surface area contributed by atoms with E-state index in [-0.39, 0.29) is 11.8 Å². The summed E-state index contributed by atoms with van der Waals surface area (Å²) in [5, 5.41) is 14.2. The highest BCUT2D eigenvalue weighted by molar-refractivity contribution is 9.10. The Morgan fingerprint density at radius 3 is 2.70 bits per heavy atom. The molecule has 7 nitrogen and oxygen atoms in total. The van der Waals surface area contributed by atoms with E-state index in [1.807, 2.05) is 10.6 Å². The van der Waals surface area contributed by atoms with E-state index in [4.69, 9.17) is 5.73 Å². The summed E-state index contributed by atoms with van der Waals surface area (Å²) in [6.07, 6.45) is 3.10. The predicted octanol–water partition coefficient (Wildman–Crippen LogP) is 1.55. The molecule has 23 heavy (non-hydrogen) atoms. The van der Waals surface area contributed by atoms with Crippen molar-refractivity contribution in [3.8, 4) is 0 Å². The zero-order valence-corrected chi connectivity index (χ0v) is 14.7. The topological polar surface area (TPSA) is 96.8 Å². The summed E-state index contributed by atoms with van der Waals surface area (Å²) >= 11 is 3.52.